The third-order valence-electron chi connectivity index (χ3n) is 3.99. The van der Waals surface area contributed by atoms with Crippen LogP contribution < -0.4 is 10.1 Å². The van der Waals surface area contributed by atoms with E-state index < -0.39 is 0 Å². The number of rotatable bonds is 8. The Hall–Kier alpha value is -2.73. The lowest BCUT2D eigenvalue weighted by molar-refractivity contribution is -0.120. The number of benzene rings is 2. The molecule has 0 aliphatic heterocycles. The zero-order valence-corrected chi connectivity index (χ0v) is 15.9. The molecule has 6 heteroatoms. The Labute approximate surface area is 162 Å². The van der Waals surface area contributed by atoms with Crippen molar-refractivity contribution in [3.05, 3.63) is 71.0 Å². The molecule has 0 fully saturated rings. The maximum absolute atomic E-state index is 13.6. The van der Waals surface area contributed by atoms with Crippen LogP contribution in [0.4, 0.5) is 4.39 Å². The van der Waals surface area contributed by atoms with Crippen LogP contribution in [0.5, 0.6) is 5.75 Å². The normalized spacial score (nSPS) is 10.6. The Bertz CT molecular complexity index is 910. The van der Waals surface area contributed by atoms with E-state index in [1.54, 1.807) is 18.2 Å². The van der Waals surface area contributed by atoms with Gasteiger partial charge in [-0.15, -0.1) is 11.3 Å². The van der Waals surface area contributed by atoms with Gasteiger partial charge in [-0.2, -0.15) is 0 Å². The number of carbonyl (C=O) groups is 1. The van der Waals surface area contributed by atoms with Crippen molar-refractivity contribution in [2.24, 2.45) is 0 Å². The van der Waals surface area contributed by atoms with Gasteiger partial charge in [-0.3, -0.25) is 4.79 Å². The lowest BCUT2D eigenvalue weighted by Crippen LogP contribution is -2.27. The molecule has 1 amide bonds. The molecule has 0 unspecified atom stereocenters. The van der Waals surface area contributed by atoms with Crippen LogP contribution in [0.1, 0.15) is 18.2 Å². The molecule has 1 N–H and O–H groups in total. The maximum atomic E-state index is 13.6. The van der Waals surface area contributed by atoms with Crippen LogP contribution in [-0.2, 0) is 17.6 Å². The topological polar surface area (TPSA) is 51.2 Å². The lowest BCUT2D eigenvalue weighted by atomic mass is 10.1. The minimum atomic E-state index is -0.246. The minimum absolute atomic E-state index is 0.124. The second-order valence-corrected chi connectivity index (χ2v) is 6.80. The summed E-state index contributed by atoms with van der Waals surface area (Å²) in [5.41, 5.74) is 2.24. The van der Waals surface area contributed by atoms with Crippen LogP contribution in [0.2, 0.25) is 0 Å². The molecule has 0 spiro atoms. The number of hydrogen-bond acceptors (Lipinski definition) is 4. The molecule has 140 valence electrons. The number of nitrogens with one attached hydrogen (secondary N) is 1. The highest BCUT2D eigenvalue weighted by molar-refractivity contribution is 7.13. The predicted molar refractivity (Wildman–Crippen MR) is 106 cm³/mol. The highest BCUT2D eigenvalue weighted by Crippen LogP contribution is 2.32. The molecule has 1 heterocycles. The first kappa shape index (κ1) is 19.0. The SMILES string of the molecule is CCOc1ccccc1-c1nc(CC(=O)NCCc2ccccc2F)cs1. The molecular weight excluding hydrogens is 363 g/mol. The van der Waals surface area contributed by atoms with E-state index in [2.05, 4.69) is 10.3 Å². The van der Waals surface area contributed by atoms with Crippen LogP contribution >= 0.6 is 11.3 Å². The zero-order chi connectivity index (χ0) is 19.1. The molecule has 3 aromatic rings. The first-order chi connectivity index (χ1) is 13.2. The van der Waals surface area contributed by atoms with Gasteiger partial charge in [0.2, 0.25) is 5.91 Å². The van der Waals surface area contributed by atoms with Crippen molar-refractivity contribution >= 4 is 17.2 Å². The van der Waals surface area contributed by atoms with E-state index in [1.165, 1.54) is 17.4 Å². The number of para-hydroxylation sites is 1. The molecule has 27 heavy (non-hydrogen) atoms. The summed E-state index contributed by atoms with van der Waals surface area (Å²) in [5.74, 6) is 0.417. The average molecular weight is 384 g/mol. The molecule has 3 rings (SSSR count). The molecule has 0 aliphatic rings. The lowest BCUT2D eigenvalue weighted by Gasteiger charge is -2.07. The third-order valence-corrected chi connectivity index (χ3v) is 4.91. The number of halogens is 1. The van der Waals surface area contributed by atoms with Crippen molar-refractivity contribution in [2.75, 3.05) is 13.2 Å². The molecule has 0 radical (unpaired) electrons. The summed E-state index contributed by atoms with van der Waals surface area (Å²) >= 11 is 1.49. The molecule has 0 saturated heterocycles. The van der Waals surface area contributed by atoms with E-state index in [0.717, 1.165) is 16.3 Å². The molecule has 4 nitrogen and oxygen atoms in total. The van der Waals surface area contributed by atoms with E-state index in [1.807, 2.05) is 36.6 Å². The van der Waals surface area contributed by atoms with Gasteiger partial charge in [0, 0.05) is 11.9 Å². The van der Waals surface area contributed by atoms with Gasteiger partial charge in [0.25, 0.3) is 0 Å². The molecular formula is C21H21FN2O2S. The first-order valence-corrected chi connectivity index (χ1v) is 9.72. The monoisotopic (exact) mass is 384 g/mol. The van der Waals surface area contributed by atoms with E-state index in [0.29, 0.717) is 30.8 Å². The maximum Gasteiger partial charge on any atom is 0.226 e. The number of nitrogens with zero attached hydrogens (tertiary/aromatic N) is 1. The fraction of sp³-hybridized carbons (Fsp3) is 0.238. The van der Waals surface area contributed by atoms with Crippen molar-refractivity contribution in [1.29, 1.82) is 0 Å². The summed E-state index contributed by atoms with van der Waals surface area (Å²) in [6, 6.07) is 14.3. The highest BCUT2D eigenvalue weighted by Gasteiger charge is 2.12. The van der Waals surface area contributed by atoms with Gasteiger partial charge < -0.3 is 10.1 Å². The summed E-state index contributed by atoms with van der Waals surface area (Å²) in [7, 11) is 0. The van der Waals surface area contributed by atoms with E-state index in [9.17, 15) is 9.18 Å². The van der Waals surface area contributed by atoms with Crippen molar-refractivity contribution in [2.45, 2.75) is 19.8 Å². The average Bonchev–Trinajstić information content (AvgIpc) is 3.12. The quantitative estimate of drug-likeness (QED) is 0.632. The summed E-state index contributed by atoms with van der Waals surface area (Å²) in [4.78, 5) is 16.7. The van der Waals surface area contributed by atoms with Gasteiger partial charge in [-0.25, -0.2) is 9.37 Å². The van der Waals surface area contributed by atoms with Gasteiger partial charge in [-0.1, -0.05) is 30.3 Å². The summed E-state index contributed by atoms with van der Waals surface area (Å²) in [5, 5.41) is 5.53. The number of aromatic nitrogens is 1. The molecule has 0 atom stereocenters. The van der Waals surface area contributed by atoms with Crippen LogP contribution in [0.3, 0.4) is 0 Å². The van der Waals surface area contributed by atoms with Gasteiger partial charge in [0.15, 0.2) is 0 Å². The van der Waals surface area contributed by atoms with Crippen molar-refractivity contribution in [1.82, 2.24) is 10.3 Å². The minimum Gasteiger partial charge on any atom is -0.493 e. The molecule has 2 aromatic carbocycles. The van der Waals surface area contributed by atoms with Gasteiger partial charge in [-0.05, 0) is 37.1 Å². The smallest absolute Gasteiger partial charge is 0.226 e. The fourth-order valence-corrected chi connectivity index (χ4v) is 3.55. The Morgan fingerprint density at radius 2 is 1.96 bits per heavy atom. The molecule has 0 bridgehead atoms. The molecule has 0 saturated carbocycles. The largest absolute Gasteiger partial charge is 0.493 e. The Morgan fingerprint density at radius 1 is 1.19 bits per heavy atom. The van der Waals surface area contributed by atoms with Crippen molar-refractivity contribution in [3.63, 3.8) is 0 Å². The summed E-state index contributed by atoms with van der Waals surface area (Å²) in [6.45, 7) is 2.92. The Kier molecular flexibility index (Phi) is 6.54. The summed E-state index contributed by atoms with van der Waals surface area (Å²) < 4.78 is 19.2. The van der Waals surface area contributed by atoms with E-state index in [-0.39, 0.29) is 18.1 Å². The van der Waals surface area contributed by atoms with E-state index in [4.69, 9.17) is 4.74 Å². The van der Waals surface area contributed by atoms with Crippen molar-refractivity contribution < 1.29 is 13.9 Å². The summed E-state index contributed by atoms with van der Waals surface area (Å²) in [6.07, 6.45) is 0.660. The number of carbonyl (C=O) groups excluding carboxylic acids is 1. The predicted octanol–water partition coefficient (Wildman–Crippen LogP) is 4.25. The third kappa shape index (κ3) is 5.14. The number of thiazole rings is 1. The number of hydrogen-bond donors (Lipinski definition) is 1. The van der Waals surface area contributed by atoms with Crippen LogP contribution in [0.25, 0.3) is 10.6 Å². The van der Waals surface area contributed by atoms with Crippen LogP contribution in [0, 0.1) is 5.82 Å². The van der Waals surface area contributed by atoms with Gasteiger partial charge in [0.1, 0.15) is 16.6 Å². The molecule has 0 aliphatic carbocycles. The van der Waals surface area contributed by atoms with Crippen LogP contribution in [0.15, 0.2) is 53.9 Å². The van der Waals surface area contributed by atoms with E-state index >= 15 is 0 Å². The van der Waals surface area contributed by atoms with Gasteiger partial charge in [0.05, 0.1) is 24.3 Å². The number of amides is 1. The zero-order valence-electron chi connectivity index (χ0n) is 15.1. The highest BCUT2D eigenvalue weighted by atomic mass is 32.1. The Morgan fingerprint density at radius 3 is 2.78 bits per heavy atom. The molecule has 1 aromatic heterocycles. The van der Waals surface area contributed by atoms with Gasteiger partial charge >= 0.3 is 0 Å². The second kappa shape index (κ2) is 9.28. The number of ether oxygens (including phenoxy) is 1. The first-order valence-electron chi connectivity index (χ1n) is 8.84. The second-order valence-electron chi connectivity index (χ2n) is 5.94. The van der Waals surface area contributed by atoms with Crippen molar-refractivity contribution in [3.8, 4) is 16.3 Å². The Balaban J connectivity index is 1.56. The fourth-order valence-electron chi connectivity index (χ4n) is 2.70. The standard InChI is InChI=1S/C21H21FN2O2S/c1-2-26-19-10-6-4-8-17(19)21-24-16(14-27-21)13-20(25)23-12-11-15-7-3-5-9-18(15)22/h3-10,14H,2,11-13H2,1H3,(H,23,25). The van der Waals surface area contributed by atoms with Crippen LogP contribution in [-0.4, -0.2) is 24.0 Å².